The third-order valence-electron chi connectivity index (χ3n) is 2.89. The van der Waals surface area contributed by atoms with Crippen molar-refractivity contribution in [2.24, 2.45) is 0 Å². The van der Waals surface area contributed by atoms with Crippen LogP contribution in [0.15, 0.2) is 4.42 Å². The number of amides is 1. The van der Waals surface area contributed by atoms with Crippen LogP contribution in [0.2, 0.25) is 0 Å². The summed E-state index contributed by atoms with van der Waals surface area (Å²) in [6.07, 6.45) is 3.32. The Morgan fingerprint density at radius 2 is 1.82 bits per heavy atom. The number of piperidine rings is 1. The highest BCUT2D eigenvalue weighted by molar-refractivity contribution is 5.89. The summed E-state index contributed by atoms with van der Waals surface area (Å²) in [7, 11) is 0. The van der Waals surface area contributed by atoms with Crippen LogP contribution in [0.25, 0.3) is 0 Å². The molecule has 1 amide bonds. The normalized spacial score (nSPS) is 17.2. The number of carbonyl (C=O) groups is 1. The molecule has 1 aromatic heterocycles. The summed E-state index contributed by atoms with van der Waals surface area (Å²) in [6.45, 7) is 7.54. The number of hydrogen-bond donors (Lipinski definition) is 0. The maximum absolute atomic E-state index is 12.1. The quantitative estimate of drug-likeness (QED) is 0.749. The van der Waals surface area contributed by atoms with Crippen molar-refractivity contribution in [3.8, 4) is 0 Å². The Labute approximate surface area is 101 Å². The maximum Gasteiger partial charge on any atom is 0.311 e. The topological polar surface area (TPSA) is 59.2 Å². The number of hydrogen-bond acceptors (Lipinski definition) is 4. The monoisotopic (exact) mass is 237 g/mol. The Morgan fingerprint density at radius 1 is 1.18 bits per heavy atom. The predicted molar refractivity (Wildman–Crippen MR) is 62.8 cm³/mol. The van der Waals surface area contributed by atoms with Crippen molar-refractivity contribution in [3.63, 3.8) is 0 Å². The summed E-state index contributed by atoms with van der Waals surface area (Å²) < 4.78 is 5.45. The van der Waals surface area contributed by atoms with Gasteiger partial charge in [-0.2, -0.15) is 0 Å². The van der Waals surface area contributed by atoms with Crippen LogP contribution in [-0.4, -0.2) is 34.1 Å². The van der Waals surface area contributed by atoms with Gasteiger partial charge in [0, 0.05) is 18.5 Å². The van der Waals surface area contributed by atoms with Gasteiger partial charge in [-0.3, -0.25) is 4.79 Å². The molecule has 1 aliphatic heterocycles. The fourth-order valence-corrected chi connectivity index (χ4v) is 1.85. The minimum Gasteiger partial charge on any atom is -0.416 e. The average Bonchev–Trinajstić information content (AvgIpc) is 2.78. The Bertz CT molecular complexity index is 400. The van der Waals surface area contributed by atoms with Gasteiger partial charge in [0.15, 0.2) is 0 Å². The van der Waals surface area contributed by atoms with Gasteiger partial charge in [0.1, 0.15) is 0 Å². The molecule has 1 aromatic rings. The van der Waals surface area contributed by atoms with Gasteiger partial charge < -0.3 is 9.32 Å². The summed E-state index contributed by atoms with van der Waals surface area (Å²) in [5.74, 6) is 0.502. The molecule has 0 atom stereocenters. The minimum absolute atomic E-state index is 0.122. The fraction of sp³-hybridized carbons (Fsp3) is 0.750. The van der Waals surface area contributed by atoms with Crippen molar-refractivity contribution in [1.82, 2.24) is 15.1 Å². The molecule has 0 aromatic carbocycles. The molecule has 0 N–H and O–H groups in total. The first-order valence-corrected chi connectivity index (χ1v) is 6.12. The number of rotatable bonds is 1. The highest BCUT2D eigenvalue weighted by Crippen LogP contribution is 2.21. The molecule has 94 valence electrons. The van der Waals surface area contributed by atoms with Crippen LogP contribution in [0.5, 0.6) is 0 Å². The van der Waals surface area contributed by atoms with Gasteiger partial charge >= 0.3 is 11.8 Å². The molecule has 17 heavy (non-hydrogen) atoms. The number of aromatic nitrogens is 2. The summed E-state index contributed by atoms with van der Waals surface area (Å²) >= 11 is 0. The summed E-state index contributed by atoms with van der Waals surface area (Å²) in [6, 6.07) is 0. The van der Waals surface area contributed by atoms with Crippen molar-refractivity contribution in [1.29, 1.82) is 0 Å². The molecule has 2 rings (SSSR count). The molecule has 0 radical (unpaired) electrons. The van der Waals surface area contributed by atoms with Crippen LogP contribution in [0, 0.1) is 0 Å². The van der Waals surface area contributed by atoms with Crippen molar-refractivity contribution in [2.75, 3.05) is 13.1 Å². The first-order valence-electron chi connectivity index (χ1n) is 6.12. The van der Waals surface area contributed by atoms with Crippen LogP contribution in [0.3, 0.4) is 0 Å². The molecule has 1 fully saturated rings. The first kappa shape index (κ1) is 12.1. The van der Waals surface area contributed by atoms with E-state index >= 15 is 0 Å². The summed E-state index contributed by atoms with van der Waals surface area (Å²) in [4.78, 5) is 13.9. The van der Waals surface area contributed by atoms with Crippen LogP contribution in [0.4, 0.5) is 0 Å². The molecular formula is C12H19N3O2. The lowest BCUT2D eigenvalue weighted by Gasteiger charge is -2.25. The first-order chi connectivity index (χ1) is 7.98. The van der Waals surface area contributed by atoms with Crippen LogP contribution < -0.4 is 0 Å². The van der Waals surface area contributed by atoms with Gasteiger partial charge in [-0.05, 0) is 19.3 Å². The number of carbonyl (C=O) groups excluding carboxylic acids is 1. The van der Waals surface area contributed by atoms with Crippen LogP contribution >= 0.6 is 0 Å². The van der Waals surface area contributed by atoms with Gasteiger partial charge in [0.2, 0.25) is 5.89 Å². The number of nitrogens with zero attached hydrogens (tertiary/aromatic N) is 3. The second-order valence-corrected chi connectivity index (χ2v) is 5.52. The van der Waals surface area contributed by atoms with Crippen molar-refractivity contribution < 1.29 is 9.21 Å². The van der Waals surface area contributed by atoms with Gasteiger partial charge in [-0.1, -0.05) is 20.8 Å². The molecule has 0 unspecified atom stereocenters. The van der Waals surface area contributed by atoms with Gasteiger partial charge in [0.25, 0.3) is 0 Å². The van der Waals surface area contributed by atoms with E-state index in [0.717, 1.165) is 25.9 Å². The molecule has 5 nitrogen and oxygen atoms in total. The lowest BCUT2D eigenvalue weighted by Crippen LogP contribution is -2.35. The van der Waals surface area contributed by atoms with Crippen molar-refractivity contribution >= 4 is 5.91 Å². The SMILES string of the molecule is CC(C)(C)c1nnc(C(=O)N2CCCCC2)o1. The van der Waals surface area contributed by atoms with E-state index in [1.54, 1.807) is 4.90 Å². The highest BCUT2D eigenvalue weighted by Gasteiger charge is 2.27. The van der Waals surface area contributed by atoms with Gasteiger partial charge in [0.05, 0.1) is 0 Å². The second-order valence-electron chi connectivity index (χ2n) is 5.52. The average molecular weight is 237 g/mol. The Hall–Kier alpha value is -1.39. The molecule has 1 saturated heterocycles. The molecule has 0 bridgehead atoms. The number of likely N-dealkylation sites (tertiary alicyclic amines) is 1. The lowest BCUT2D eigenvalue weighted by atomic mass is 9.97. The highest BCUT2D eigenvalue weighted by atomic mass is 16.4. The van der Waals surface area contributed by atoms with Gasteiger partial charge in [-0.25, -0.2) is 0 Å². The van der Waals surface area contributed by atoms with E-state index in [1.807, 2.05) is 20.8 Å². The fourth-order valence-electron chi connectivity index (χ4n) is 1.85. The van der Waals surface area contributed by atoms with E-state index in [4.69, 9.17) is 4.42 Å². The van der Waals surface area contributed by atoms with Crippen molar-refractivity contribution in [2.45, 2.75) is 45.4 Å². The smallest absolute Gasteiger partial charge is 0.311 e. The second kappa shape index (κ2) is 4.47. The zero-order chi connectivity index (χ0) is 12.5. The zero-order valence-electron chi connectivity index (χ0n) is 10.7. The van der Waals surface area contributed by atoms with E-state index in [0.29, 0.717) is 5.89 Å². The zero-order valence-corrected chi connectivity index (χ0v) is 10.7. The Balaban J connectivity index is 2.11. The van der Waals surface area contributed by atoms with E-state index in [-0.39, 0.29) is 17.2 Å². The Kier molecular flexibility index (Phi) is 3.17. The largest absolute Gasteiger partial charge is 0.416 e. The van der Waals surface area contributed by atoms with E-state index < -0.39 is 0 Å². The molecule has 1 aliphatic rings. The molecule has 2 heterocycles. The molecular weight excluding hydrogens is 218 g/mol. The minimum atomic E-state index is -0.215. The molecule has 0 saturated carbocycles. The molecule has 0 aliphatic carbocycles. The predicted octanol–water partition coefficient (Wildman–Crippen LogP) is 1.99. The third kappa shape index (κ3) is 2.65. The Morgan fingerprint density at radius 3 is 2.35 bits per heavy atom. The third-order valence-corrected chi connectivity index (χ3v) is 2.89. The van der Waals surface area contributed by atoms with E-state index in [1.165, 1.54) is 6.42 Å². The maximum atomic E-state index is 12.1. The van der Waals surface area contributed by atoms with Crippen LogP contribution in [0.1, 0.15) is 56.6 Å². The van der Waals surface area contributed by atoms with E-state index in [9.17, 15) is 4.79 Å². The molecule has 5 heteroatoms. The molecule has 0 spiro atoms. The summed E-state index contributed by atoms with van der Waals surface area (Å²) in [5.41, 5.74) is -0.215. The van der Waals surface area contributed by atoms with Crippen LogP contribution in [-0.2, 0) is 5.41 Å². The van der Waals surface area contributed by atoms with Crippen molar-refractivity contribution in [3.05, 3.63) is 11.8 Å². The van der Waals surface area contributed by atoms with Gasteiger partial charge in [-0.15, -0.1) is 10.2 Å². The standard InChI is InChI=1S/C12H19N3O2/c1-12(2,3)11-14-13-9(17-11)10(16)15-7-5-4-6-8-15/h4-8H2,1-3H3. The summed E-state index contributed by atoms with van der Waals surface area (Å²) in [5, 5.41) is 7.79. The van der Waals surface area contributed by atoms with E-state index in [2.05, 4.69) is 10.2 Å². The lowest BCUT2D eigenvalue weighted by molar-refractivity contribution is 0.0680.